The highest BCUT2D eigenvalue weighted by molar-refractivity contribution is 5.60. The maximum absolute atomic E-state index is 5.37. The van der Waals surface area contributed by atoms with Gasteiger partial charge in [0.2, 0.25) is 0 Å². The zero-order valence-corrected chi connectivity index (χ0v) is 8.93. The molecule has 2 aromatic rings. The second kappa shape index (κ2) is 4.09. The Bertz CT molecular complexity index is 496. The van der Waals surface area contributed by atoms with Crippen molar-refractivity contribution in [2.45, 2.75) is 0 Å². The van der Waals surface area contributed by atoms with Crippen LogP contribution in [0.5, 0.6) is 11.5 Å². The lowest BCUT2D eigenvalue weighted by atomic mass is 10.2. The highest BCUT2D eigenvalue weighted by Crippen LogP contribution is 2.31. The van der Waals surface area contributed by atoms with Crippen LogP contribution in [0.4, 0.5) is 5.95 Å². The first-order chi connectivity index (χ1) is 7.74. The molecule has 0 aliphatic carbocycles. The fraction of sp³-hybridized carbons (Fsp3) is 0.200. The quantitative estimate of drug-likeness (QED) is 0.841. The molecule has 0 saturated carbocycles. The van der Waals surface area contributed by atoms with Crippen molar-refractivity contribution in [3.63, 3.8) is 0 Å². The van der Waals surface area contributed by atoms with Gasteiger partial charge in [0.25, 0.3) is 11.8 Å². The molecule has 1 heterocycles. The Morgan fingerprint density at radius 3 is 2.50 bits per heavy atom. The summed E-state index contributed by atoms with van der Waals surface area (Å²) in [6.07, 6.45) is 0. The van der Waals surface area contributed by atoms with Crippen LogP contribution in [-0.4, -0.2) is 24.4 Å². The maximum Gasteiger partial charge on any atom is 0.261 e. The molecule has 0 saturated heterocycles. The summed E-state index contributed by atoms with van der Waals surface area (Å²) >= 11 is 0. The minimum Gasteiger partial charge on any atom is -0.493 e. The highest BCUT2D eigenvalue weighted by atomic mass is 16.5. The van der Waals surface area contributed by atoms with Gasteiger partial charge in [-0.25, -0.2) is 0 Å². The molecule has 2 rings (SSSR count). The Labute approximate surface area is 92.0 Å². The van der Waals surface area contributed by atoms with E-state index in [0.717, 1.165) is 5.56 Å². The van der Waals surface area contributed by atoms with Crippen LogP contribution in [0, 0.1) is 0 Å². The summed E-state index contributed by atoms with van der Waals surface area (Å²) in [6.45, 7) is 0. The fourth-order valence-corrected chi connectivity index (χ4v) is 1.32. The second-order valence-electron chi connectivity index (χ2n) is 3.03. The molecule has 0 atom stereocenters. The van der Waals surface area contributed by atoms with E-state index < -0.39 is 0 Å². The van der Waals surface area contributed by atoms with Gasteiger partial charge in [0, 0.05) is 5.56 Å². The van der Waals surface area contributed by atoms with Gasteiger partial charge in [-0.3, -0.25) is 0 Å². The van der Waals surface area contributed by atoms with Gasteiger partial charge in [0.05, 0.1) is 14.2 Å². The Morgan fingerprint density at radius 1 is 1.19 bits per heavy atom. The van der Waals surface area contributed by atoms with Crippen molar-refractivity contribution in [3.8, 4) is 23.0 Å². The van der Waals surface area contributed by atoms with Crippen LogP contribution in [0.2, 0.25) is 0 Å². The zero-order valence-electron chi connectivity index (χ0n) is 8.93. The van der Waals surface area contributed by atoms with Gasteiger partial charge >= 0.3 is 0 Å². The second-order valence-corrected chi connectivity index (χ2v) is 3.03. The molecule has 16 heavy (non-hydrogen) atoms. The van der Waals surface area contributed by atoms with Crippen LogP contribution in [0.25, 0.3) is 11.5 Å². The number of aromatic nitrogens is 2. The summed E-state index contributed by atoms with van der Waals surface area (Å²) < 4.78 is 15.2. The Hall–Kier alpha value is -2.24. The summed E-state index contributed by atoms with van der Waals surface area (Å²) in [7, 11) is 3.13. The predicted molar refractivity (Wildman–Crippen MR) is 57.3 cm³/mol. The minimum atomic E-state index is 0.102. The van der Waals surface area contributed by atoms with Gasteiger partial charge in [-0.1, -0.05) is 0 Å². The molecule has 6 nitrogen and oxygen atoms in total. The van der Waals surface area contributed by atoms with Crippen molar-refractivity contribution in [2.24, 2.45) is 0 Å². The number of ether oxygens (including phenoxy) is 2. The van der Waals surface area contributed by atoms with E-state index in [9.17, 15) is 0 Å². The average molecular weight is 221 g/mol. The van der Waals surface area contributed by atoms with Gasteiger partial charge in [-0.15, -0.1) is 0 Å². The third kappa shape index (κ3) is 1.77. The standard InChI is InChI=1S/C10H11N3O3/c1-14-7-4-3-6(5-8(7)15-2)9-12-10(11)13-16-9/h3-5H,1-2H3,(H2,11,13). The first kappa shape index (κ1) is 10.3. The zero-order chi connectivity index (χ0) is 11.5. The molecule has 0 amide bonds. The van der Waals surface area contributed by atoms with E-state index in [2.05, 4.69) is 10.1 Å². The minimum absolute atomic E-state index is 0.102. The molecule has 0 aliphatic heterocycles. The molecule has 2 N–H and O–H groups in total. The molecule has 1 aromatic carbocycles. The van der Waals surface area contributed by atoms with Crippen LogP contribution < -0.4 is 15.2 Å². The number of methoxy groups -OCH3 is 2. The maximum atomic E-state index is 5.37. The predicted octanol–water partition coefficient (Wildman–Crippen LogP) is 1.34. The Kier molecular flexibility index (Phi) is 2.63. The summed E-state index contributed by atoms with van der Waals surface area (Å²) in [6, 6.07) is 5.29. The molecule has 0 fully saturated rings. The van der Waals surface area contributed by atoms with Crippen LogP contribution in [0.3, 0.4) is 0 Å². The van der Waals surface area contributed by atoms with Gasteiger partial charge in [-0.05, 0) is 23.4 Å². The number of hydrogen-bond acceptors (Lipinski definition) is 6. The molecular formula is C10H11N3O3. The molecular weight excluding hydrogens is 210 g/mol. The number of nitrogens with zero attached hydrogens (tertiary/aromatic N) is 2. The van der Waals surface area contributed by atoms with Crippen molar-refractivity contribution in [1.29, 1.82) is 0 Å². The van der Waals surface area contributed by atoms with Gasteiger partial charge in [-0.2, -0.15) is 4.98 Å². The summed E-state index contributed by atoms with van der Waals surface area (Å²) in [5.41, 5.74) is 6.09. The van der Waals surface area contributed by atoms with Crippen LogP contribution in [0.15, 0.2) is 22.7 Å². The molecule has 0 radical (unpaired) electrons. The third-order valence-electron chi connectivity index (χ3n) is 2.07. The Balaban J connectivity index is 2.43. The van der Waals surface area contributed by atoms with Crippen molar-refractivity contribution in [1.82, 2.24) is 10.1 Å². The van der Waals surface area contributed by atoms with E-state index in [0.29, 0.717) is 17.4 Å². The van der Waals surface area contributed by atoms with E-state index in [-0.39, 0.29) is 5.95 Å². The van der Waals surface area contributed by atoms with E-state index >= 15 is 0 Å². The molecule has 84 valence electrons. The van der Waals surface area contributed by atoms with E-state index in [4.69, 9.17) is 19.7 Å². The fourth-order valence-electron chi connectivity index (χ4n) is 1.32. The van der Waals surface area contributed by atoms with E-state index in [1.165, 1.54) is 0 Å². The highest BCUT2D eigenvalue weighted by Gasteiger charge is 2.10. The monoisotopic (exact) mass is 221 g/mol. The molecule has 0 unspecified atom stereocenters. The van der Waals surface area contributed by atoms with Crippen molar-refractivity contribution >= 4 is 5.95 Å². The molecule has 6 heteroatoms. The normalized spacial score (nSPS) is 10.1. The van der Waals surface area contributed by atoms with Crippen LogP contribution in [0.1, 0.15) is 0 Å². The summed E-state index contributed by atoms with van der Waals surface area (Å²) in [5.74, 6) is 1.68. The summed E-state index contributed by atoms with van der Waals surface area (Å²) in [5, 5.41) is 3.51. The molecule has 0 spiro atoms. The van der Waals surface area contributed by atoms with Crippen LogP contribution in [-0.2, 0) is 0 Å². The van der Waals surface area contributed by atoms with E-state index in [1.807, 2.05) is 0 Å². The van der Waals surface area contributed by atoms with Crippen molar-refractivity contribution in [3.05, 3.63) is 18.2 Å². The van der Waals surface area contributed by atoms with Gasteiger partial charge in [0.15, 0.2) is 11.5 Å². The largest absolute Gasteiger partial charge is 0.493 e. The average Bonchev–Trinajstić information content (AvgIpc) is 2.75. The number of anilines is 1. The van der Waals surface area contributed by atoms with E-state index in [1.54, 1.807) is 32.4 Å². The van der Waals surface area contributed by atoms with Crippen molar-refractivity contribution in [2.75, 3.05) is 20.0 Å². The number of nitrogen functional groups attached to an aromatic ring is 1. The third-order valence-corrected chi connectivity index (χ3v) is 2.07. The van der Waals surface area contributed by atoms with Crippen LogP contribution >= 0.6 is 0 Å². The lowest BCUT2D eigenvalue weighted by Gasteiger charge is -2.07. The smallest absolute Gasteiger partial charge is 0.261 e. The van der Waals surface area contributed by atoms with Gasteiger partial charge in [0.1, 0.15) is 0 Å². The molecule has 0 aliphatic rings. The lowest BCUT2D eigenvalue weighted by Crippen LogP contribution is -1.91. The number of rotatable bonds is 3. The molecule has 1 aromatic heterocycles. The Morgan fingerprint density at radius 2 is 1.94 bits per heavy atom. The SMILES string of the molecule is COc1ccc(-c2nc(N)no2)cc1OC. The number of nitrogens with two attached hydrogens (primary N) is 1. The first-order valence-corrected chi connectivity index (χ1v) is 4.56. The molecule has 0 bridgehead atoms. The number of benzene rings is 1. The van der Waals surface area contributed by atoms with Gasteiger partial charge < -0.3 is 19.7 Å². The topological polar surface area (TPSA) is 83.4 Å². The van der Waals surface area contributed by atoms with Crippen molar-refractivity contribution < 1.29 is 14.0 Å². The lowest BCUT2D eigenvalue weighted by molar-refractivity contribution is 0.355. The summed E-state index contributed by atoms with van der Waals surface area (Å²) in [4.78, 5) is 3.92. The first-order valence-electron chi connectivity index (χ1n) is 4.56. The number of hydrogen-bond donors (Lipinski definition) is 1.